The lowest BCUT2D eigenvalue weighted by Crippen LogP contribution is -2.23. The summed E-state index contributed by atoms with van der Waals surface area (Å²) < 4.78 is 0. The second kappa shape index (κ2) is 9.18. The number of rotatable bonds is 4. The van der Waals surface area contributed by atoms with Crippen molar-refractivity contribution in [3.63, 3.8) is 0 Å². The van der Waals surface area contributed by atoms with Gasteiger partial charge in [0.2, 0.25) is 0 Å². The van der Waals surface area contributed by atoms with E-state index in [-0.39, 0.29) is 5.41 Å². The fourth-order valence-corrected chi connectivity index (χ4v) is 4.59. The first-order valence-electron chi connectivity index (χ1n) is 11.8. The van der Waals surface area contributed by atoms with E-state index in [1.807, 2.05) is 48.5 Å². The van der Waals surface area contributed by atoms with Crippen LogP contribution in [0.3, 0.4) is 0 Å². The minimum atomic E-state index is -0.101. The molecule has 5 rings (SSSR count). The number of para-hydroxylation sites is 2. The molecule has 0 atom stereocenters. The summed E-state index contributed by atoms with van der Waals surface area (Å²) in [5.74, 6) is 0.594. The number of benzene rings is 3. The third-order valence-electron chi connectivity index (χ3n) is 6.53. The molecule has 1 N–H and O–H groups in total. The number of fused-ring (bicyclic) bond motifs is 2. The molecule has 0 unspecified atom stereocenters. The number of aryl methyl sites for hydroxylation is 1. The summed E-state index contributed by atoms with van der Waals surface area (Å²) >= 11 is 0. The summed E-state index contributed by atoms with van der Waals surface area (Å²) in [5.41, 5.74) is 10.5. The lowest BCUT2D eigenvalue weighted by molar-refractivity contribution is 0.641. The van der Waals surface area contributed by atoms with Crippen molar-refractivity contribution in [2.24, 2.45) is 10.1 Å². The highest BCUT2D eigenvalue weighted by atomic mass is 15.3. The number of nitrogens with one attached hydrogen (secondary N) is 1. The number of hydrogen-bond acceptors (Lipinski definition) is 4. The first kappa shape index (κ1) is 22.5. The van der Waals surface area contributed by atoms with E-state index in [2.05, 4.69) is 85.7 Å². The van der Waals surface area contributed by atoms with Crippen molar-refractivity contribution < 1.29 is 0 Å². The lowest BCUT2D eigenvalue weighted by atomic mass is 9.84. The van der Waals surface area contributed by atoms with Crippen LogP contribution < -0.4 is 10.3 Å². The SMILES string of the molecule is Cc1ccc(N=C(N/N=C/C=C2N(C)c3ccccc3C2(C)C)c2ccc3ccccc3n2)cc1. The predicted octanol–water partition coefficient (Wildman–Crippen LogP) is 6.51. The van der Waals surface area contributed by atoms with Crippen molar-refractivity contribution in [2.45, 2.75) is 26.2 Å². The molecule has 0 fully saturated rings. The Hall–Kier alpha value is -4.25. The molecule has 1 aliphatic heterocycles. The Morgan fingerprint density at radius 3 is 2.46 bits per heavy atom. The molecule has 0 radical (unpaired) electrons. The van der Waals surface area contributed by atoms with E-state index < -0.39 is 0 Å². The molecule has 1 aliphatic rings. The molecule has 0 saturated carbocycles. The van der Waals surface area contributed by atoms with Crippen molar-refractivity contribution in [1.82, 2.24) is 10.4 Å². The maximum Gasteiger partial charge on any atom is 0.173 e. The van der Waals surface area contributed by atoms with Crippen LogP contribution in [0.4, 0.5) is 11.4 Å². The number of nitrogens with zero attached hydrogens (tertiary/aromatic N) is 4. The Labute approximate surface area is 206 Å². The zero-order valence-electron chi connectivity index (χ0n) is 20.5. The Balaban J connectivity index is 1.45. The van der Waals surface area contributed by atoms with Gasteiger partial charge in [0.05, 0.1) is 11.2 Å². The number of likely N-dealkylation sites (N-methyl/N-ethyl adjacent to an activating group) is 1. The van der Waals surface area contributed by atoms with Gasteiger partial charge in [-0.25, -0.2) is 9.98 Å². The summed E-state index contributed by atoms with van der Waals surface area (Å²) in [6.45, 7) is 6.55. The molecule has 4 aromatic rings. The zero-order chi connectivity index (χ0) is 24.4. The van der Waals surface area contributed by atoms with E-state index in [4.69, 9.17) is 9.98 Å². The van der Waals surface area contributed by atoms with E-state index in [1.54, 1.807) is 6.21 Å². The standard InChI is InChI=1S/C30H29N5/c1-21-13-16-23(17-14-21)32-29(26-18-15-22-9-5-7-11-25(22)33-26)34-31-20-19-28-30(2,3)24-10-6-8-12-27(24)35(28)4/h5-20H,1-4H3,(H,32,34)/b28-19?,31-20+. The van der Waals surface area contributed by atoms with E-state index >= 15 is 0 Å². The highest BCUT2D eigenvalue weighted by Gasteiger charge is 2.37. The predicted molar refractivity (Wildman–Crippen MR) is 147 cm³/mol. The summed E-state index contributed by atoms with van der Waals surface area (Å²) in [5, 5.41) is 5.61. The number of hydrogen-bond donors (Lipinski definition) is 1. The first-order chi connectivity index (χ1) is 16.9. The van der Waals surface area contributed by atoms with E-state index in [9.17, 15) is 0 Å². The van der Waals surface area contributed by atoms with Crippen LogP contribution in [0.1, 0.15) is 30.7 Å². The smallest absolute Gasteiger partial charge is 0.173 e. The van der Waals surface area contributed by atoms with E-state index in [1.165, 1.54) is 22.5 Å². The Bertz CT molecular complexity index is 1460. The molecule has 5 heteroatoms. The fourth-order valence-electron chi connectivity index (χ4n) is 4.59. The molecule has 2 heterocycles. The maximum absolute atomic E-state index is 4.82. The van der Waals surface area contributed by atoms with Gasteiger partial charge in [-0.1, -0.05) is 74.0 Å². The highest BCUT2D eigenvalue weighted by molar-refractivity contribution is 6.00. The van der Waals surface area contributed by atoms with Gasteiger partial charge in [0, 0.05) is 35.4 Å². The van der Waals surface area contributed by atoms with Crippen molar-refractivity contribution in [2.75, 3.05) is 11.9 Å². The molecule has 35 heavy (non-hydrogen) atoms. The van der Waals surface area contributed by atoms with Gasteiger partial charge in [0.1, 0.15) is 5.69 Å². The van der Waals surface area contributed by atoms with E-state index in [0.717, 1.165) is 22.3 Å². The first-order valence-corrected chi connectivity index (χ1v) is 11.8. The minimum absolute atomic E-state index is 0.101. The third kappa shape index (κ3) is 4.45. The molecule has 5 nitrogen and oxygen atoms in total. The lowest BCUT2D eigenvalue weighted by Gasteiger charge is -2.23. The van der Waals surface area contributed by atoms with E-state index in [0.29, 0.717) is 5.84 Å². The summed E-state index contributed by atoms with van der Waals surface area (Å²) in [4.78, 5) is 11.9. The van der Waals surface area contributed by atoms with Gasteiger partial charge in [-0.2, -0.15) is 5.10 Å². The summed E-state index contributed by atoms with van der Waals surface area (Å²) in [7, 11) is 2.10. The second-order valence-electron chi connectivity index (χ2n) is 9.33. The highest BCUT2D eigenvalue weighted by Crippen LogP contribution is 2.46. The number of amidine groups is 1. The van der Waals surface area contributed by atoms with Crippen molar-refractivity contribution >= 4 is 34.3 Å². The van der Waals surface area contributed by atoms with Gasteiger partial charge >= 0.3 is 0 Å². The van der Waals surface area contributed by atoms with Crippen LogP contribution in [0.25, 0.3) is 10.9 Å². The molecular formula is C30H29N5. The Morgan fingerprint density at radius 2 is 1.66 bits per heavy atom. The molecule has 0 bridgehead atoms. The third-order valence-corrected chi connectivity index (χ3v) is 6.53. The van der Waals surface area contributed by atoms with Crippen LogP contribution in [-0.4, -0.2) is 24.1 Å². The zero-order valence-corrected chi connectivity index (χ0v) is 20.5. The fraction of sp³-hybridized carbons (Fsp3) is 0.167. The second-order valence-corrected chi connectivity index (χ2v) is 9.33. The Kier molecular flexibility index (Phi) is 5.91. The van der Waals surface area contributed by atoms with Crippen molar-refractivity contribution in [1.29, 1.82) is 0 Å². The number of hydrazone groups is 1. The van der Waals surface area contributed by atoms with Crippen LogP contribution in [0.5, 0.6) is 0 Å². The molecule has 3 aromatic carbocycles. The monoisotopic (exact) mass is 459 g/mol. The Morgan fingerprint density at radius 1 is 0.914 bits per heavy atom. The average molecular weight is 460 g/mol. The van der Waals surface area contributed by atoms with Crippen LogP contribution >= 0.6 is 0 Å². The number of pyridine rings is 1. The van der Waals surface area contributed by atoms with Crippen molar-refractivity contribution in [3.8, 4) is 0 Å². The van der Waals surface area contributed by atoms with Gasteiger partial charge < -0.3 is 4.90 Å². The molecule has 0 aliphatic carbocycles. The van der Waals surface area contributed by atoms with Gasteiger partial charge in [-0.05, 0) is 48.9 Å². The van der Waals surface area contributed by atoms with Gasteiger partial charge in [-0.15, -0.1) is 0 Å². The number of anilines is 1. The minimum Gasteiger partial charge on any atom is -0.347 e. The topological polar surface area (TPSA) is 52.9 Å². The molecule has 0 amide bonds. The van der Waals surface area contributed by atoms with Crippen LogP contribution in [-0.2, 0) is 5.41 Å². The molecule has 174 valence electrons. The molecular weight excluding hydrogens is 430 g/mol. The number of allylic oxidation sites excluding steroid dienone is 2. The molecule has 1 aromatic heterocycles. The maximum atomic E-state index is 4.82. The van der Waals surface area contributed by atoms with Crippen LogP contribution in [0.15, 0.2) is 107 Å². The summed E-state index contributed by atoms with van der Waals surface area (Å²) in [6.07, 6.45) is 3.86. The van der Waals surface area contributed by atoms with Gasteiger partial charge in [-0.3, -0.25) is 5.43 Å². The largest absolute Gasteiger partial charge is 0.347 e. The van der Waals surface area contributed by atoms with Crippen LogP contribution in [0.2, 0.25) is 0 Å². The summed E-state index contributed by atoms with van der Waals surface area (Å²) in [6, 6.07) is 28.7. The normalized spacial score (nSPS) is 16.3. The van der Waals surface area contributed by atoms with Gasteiger partial charge in [0.15, 0.2) is 5.84 Å². The molecule has 0 saturated heterocycles. The number of aromatic nitrogens is 1. The number of aliphatic imine (C=N–C) groups is 1. The van der Waals surface area contributed by atoms with Crippen molar-refractivity contribution in [3.05, 3.63) is 114 Å². The molecule has 0 spiro atoms. The quantitative estimate of drug-likeness (QED) is 0.215. The average Bonchev–Trinajstić information content (AvgIpc) is 3.07. The van der Waals surface area contributed by atoms with Crippen LogP contribution in [0, 0.1) is 6.92 Å². The van der Waals surface area contributed by atoms with Gasteiger partial charge in [0.25, 0.3) is 0 Å².